The van der Waals surface area contributed by atoms with Gasteiger partial charge in [-0.15, -0.1) is 0 Å². The molecule has 0 spiro atoms. The van der Waals surface area contributed by atoms with Gasteiger partial charge in [0, 0.05) is 5.54 Å². The fourth-order valence-electron chi connectivity index (χ4n) is 5.22. The molecule has 4 fully saturated rings. The van der Waals surface area contributed by atoms with Crippen molar-refractivity contribution < 1.29 is 8.42 Å². The molecule has 5 heteroatoms. The van der Waals surface area contributed by atoms with Gasteiger partial charge in [0.2, 0.25) is 0 Å². The van der Waals surface area contributed by atoms with Crippen LogP contribution < -0.4 is 9.86 Å². The summed E-state index contributed by atoms with van der Waals surface area (Å²) in [5.41, 5.74) is -0.199. The first-order valence-electron chi connectivity index (χ1n) is 6.72. The molecule has 4 saturated carbocycles. The molecule has 0 aromatic carbocycles. The first kappa shape index (κ1) is 11.9. The lowest BCUT2D eigenvalue weighted by Gasteiger charge is -2.60. The fourth-order valence-corrected chi connectivity index (χ4v) is 6.08. The van der Waals surface area contributed by atoms with E-state index in [1.165, 1.54) is 19.3 Å². The lowest BCUT2D eigenvalue weighted by molar-refractivity contribution is -0.0588. The van der Waals surface area contributed by atoms with Crippen molar-refractivity contribution in [1.29, 1.82) is 0 Å². The lowest BCUT2D eigenvalue weighted by Crippen LogP contribution is -2.63. The Hall–Kier alpha value is -0.130. The summed E-state index contributed by atoms with van der Waals surface area (Å²) in [6.07, 6.45) is 6.89. The minimum atomic E-state index is -3.56. The second kappa shape index (κ2) is 3.68. The van der Waals surface area contributed by atoms with Gasteiger partial charge in [-0.1, -0.05) is 13.3 Å². The van der Waals surface area contributed by atoms with Crippen LogP contribution in [0.4, 0.5) is 0 Å². The van der Waals surface area contributed by atoms with Crippen LogP contribution >= 0.6 is 0 Å². The molecule has 0 aliphatic heterocycles. The Kier molecular flexibility index (Phi) is 2.58. The number of nitrogens with one attached hydrogen (secondary N) is 1. The molecular weight excluding hydrogens is 236 g/mol. The van der Waals surface area contributed by atoms with E-state index in [2.05, 4.69) is 11.6 Å². The van der Waals surface area contributed by atoms with Crippen molar-refractivity contribution in [3.05, 3.63) is 0 Å². The molecule has 2 atom stereocenters. The van der Waals surface area contributed by atoms with E-state index >= 15 is 0 Å². The van der Waals surface area contributed by atoms with Crippen molar-refractivity contribution in [2.24, 2.45) is 28.8 Å². The minimum Gasteiger partial charge on any atom is -0.216 e. The van der Waals surface area contributed by atoms with E-state index in [4.69, 9.17) is 5.14 Å². The molecule has 98 valence electrons. The van der Waals surface area contributed by atoms with Crippen LogP contribution in [0, 0.1) is 23.7 Å². The summed E-state index contributed by atoms with van der Waals surface area (Å²) in [5.74, 6) is 2.99. The molecule has 0 aromatic heterocycles. The monoisotopic (exact) mass is 258 g/mol. The summed E-state index contributed by atoms with van der Waals surface area (Å²) in [5, 5.41) is 5.19. The van der Waals surface area contributed by atoms with E-state index in [1.54, 1.807) is 0 Å². The van der Waals surface area contributed by atoms with E-state index in [-0.39, 0.29) is 5.54 Å². The smallest absolute Gasteiger partial charge is 0.216 e. The Morgan fingerprint density at radius 1 is 1.24 bits per heavy atom. The predicted octanol–water partition coefficient (Wildman–Crippen LogP) is 1.38. The first-order chi connectivity index (χ1) is 7.91. The van der Waals surface area contributed by atoms with Crippen LogP contribution in [-0.4, -0.2) is 14.0 Å². The van der Waals surface area contributed by atoms with Gasteiger partial charge in [0.05, 0.1) is 0 Å². The highest BCUT2D eigenvalue weighted by Crippen LogP contribution is 2.59. The second-order valence-corrected chi connectivity index (χ2v) is 7.76. The third-order valence-corrected chi connectivity index (χ3v) is 6.02. The van der Waals surface area contributed by atoms with Crippen LogP contribution in [0.15, 0.2) is 0 Å². The van der Waals surface area contributed by atoms with Gasteiger partial charge in [-0.25, -0.2) is 5.14 Å². The van der Waals surface area contributed by atoms with Crippen molar-refractivity contribution >= 4 is 10.2 Å². The van der Waals surface area contributed by atoms with E-state index < -0.39 is 10.2 Å². The van der Waals surface area contributed by atoms with Crippen molar-refractivity contribution in [2.45, 2.75) is 51.0 Å². The van der Waals surface area contributed by atoms with E-state index in [9.17, 15) is 8.42 Å². The Bertz CT molecular complexity index is 404. The Morgan fingerprint density at radius 2 is 1.82 bits per heavy atom. The quantitative estimate of drug-likeness (QED) is 0.803. The summed E-state index contributed by atoms with van der Waals surface area (Å²) in [6, 6.07) is 0. The van der Waals surface area contributed by atoms with Crippen molar-refractivity contribution in [3.63, 3.8) is 0 Å². The van der Waals surface area contributed by atoms with Gasteiger partial charge in [0.1, 0.15) is 0 Å². The molecule has 3 N–H and O–H groups in total. The van der Waals surface area contributed by atoms with Gasteiger partial charge in [0.15, 0.2) is 0 Å². The van der Waals surface area contributed by atoms with Crippen LogP contribution in [0.3, 0.4) is 0 Å². The molecule has 0 amide bonds. The van der Waals surface area contributed by atoms with Gasteiger partial charge in [-0.2, -0.15) is 13.1 Å². The Balaban J connectivity index is 1.86. The highest BCUT2D eigenvalue weighted by molar-refractivity contribution is 7.87. The SMILES string of the molecule is CCC1C2CC3CC1CC(NS(N)(=O)=O)(C3)C2. The first-order valence-corrected chi connectivity index (χ1v) is 8.27. The summed E-state index contributed by atoms with van der Waals surface area (Å²) < 4.78 is 25.4. The van der Waals surface area contributed by atoms with Crippen LogP contribution in [0.25, 0.3) is 0 Å². The minimum absolute atomic E-state index is 0.199. The molecule has 0 heterocycles. The zero-order chi connectivity index (χ0) is 12.3. The predicted molar refractivity (Wildman–Crippen MR) is 66.3 cm³/mol. The van der Waals surface area contributed by atoms with Crippen LogP contribution in [0.2, 0.25) is 0 Å². The highest BCUT2D eigenvalue weighted by atomic mass is 32.2. The van der Waals surface area contributed by atoms with Gasteiger partial charge in [-0.3, -0.25) is 0 Å². The number of hydrogen-bond acceptors (Lipinski definition) is 2. The topological polar surface area (TPSA) is 72.2 Å². The third kappa shape index (κ3) is 2.02. The van der Waals surface area contributed by atoms with E-state index in [0.29, 0.717) is 0 Å². The Labute approximate surface area is 104 Å². The summed E-state index contributed by atoms with van der Waals surface area (Å²) >= 11 is 0. The molecule has 4 rings (SSSR count). The maximum absolute atomic E-state index is 11.3. The summed E-state index contributed by atoms with van der Waals surface area (Å²) in [4.78, 5) is 0. The molecule has 4 nitrogen and oxygen atoms in total. The zero-order valence-electron chi connectivity index (χ0n) is 10.4. The van der Waals surface area contributed by atoms with E-state index in [0.717, 1.165) is 42.9 Å². The highest BCUT2D eigenvalue weighted by Gasteiger charge is 2.55. The fraction of sp³-hybridized carbons (Fsp3) is 1.00. The molecular formula is C12H22N2O2S. The number of rotatable bonds is 3. The summed E-state index contributed by atoms with van der Waals surface area (Å²) in [6.45, 7) is 2.27. The van der Waals surface area contributed by atoms with Gasteiger partial charge < -0.3 is 0 Å². The standard InChI is InChI=1S/C12H22N2O2S/c1-2-11-9-3-8-4-10(11)7-12(5-8,6-9)14-17(13,15)16/h8-11,14H,2-7H2,1H3,(H2,13,15,16). The largest absolute Gasteiger partial charge is 0.274 e. The summed E-state index contributed by atoms with van der Waals surface area (Å²) in [7, 11) is -3.56. The van der Waals surface area contributed by atoms with E-state index in [1.807, 2.05) is 0 Å². The molecule has 2 unspecified atom stereocenters. The maximum atomic E-state index is 11.3. The average Bonchev–Trinajstić information content (AvgIpc) is 2.11. The van der Waals surface area contributed by atoms with Crippen LogP contribution in [0.5, 0.6) is 0 Å². The molecule has 17 heavy (non-hydrogen) atoms. The molecule has 0 saturated heterocycles. The van der Waals surface area contributed by atoms with Crippen LogP contribution in [-0.2, 0) is 10.2 Å². The second-order valence-electron chi connectivity index (χ2n) is 6.47. The number of hydrogen-bond donors (Lipinski definition) is 2. The molecule has 4 aliphatic carbocycles. The molecule has 0 radical (unpaired) electrons. The average molecular weight is 258 g/mol. The van der Waals surface area contributed by atoms with Gasteiger partial charge >= 0.3 is 0 Å². The van der Waals surface area contributed by atoms with Crippen molar-refractivity contribution in [1.82, 2.24) is 4.72 Å². The van der Waals surface area contributed by atoms with Crippen molar-refractivity contribution in [3.8, 4) is 0 Å². The lowest BCUT2D eigenvalue weighted by atomic mass is 9.49. The Morgan fingerprint density at radius 3 is 2.29 bits per heavy atom. The maximum Gasteiger partial charge on any atom is 0.274 e. The third-order valence-electron chi connectivity index (χ3n) is 5.30. The molecule has 0 aromatic rings. The molecule has 4 aliphatic rings. The van der Waals surface area contributed by atoms with Crippen LogP contribution in [0.1, 0.15) is 45.4 Å². The number of nitrogens with two attached hydrogens (primary N) is 1. The normalized spacial score (nSPS) is 48.6. The molecule has 4 bridgehead atoms. The zero-order valence-corrected chi connectivity index (χ0v) is 11.2. The van der Waals surface area contributed by atoms with Gasteiger partial charge in [-0.05, 0) is 55.8 Å². The van der Waals surface area contributed by atoms with Crippen molar-refractivity contribution in [2.75, 3.05) is 0 Å². The van der Waals surface area contributed by atoms with Gasteiger partial charge in [0.25, 0.3) is 10.2 Å².